The lowest BCUT2D eigenvalue weighted by Gasteiger charge is -2.13. The van der Waals surface area contributed by atoms with Crippen molar-refractivity contribution in [2.45, 2.75) is 20.8 Å². The smallest absolute Gasteiger partial charge is 0.346 e. The molecule has 0 atom stereocenters. The summed E-state index contributed by atoms with van der Waals surface area (Å²) in [5.74, 6) is -0.246. The highest BCUT2D eigenvalue weighted by molar-refractivity contribution is 6.05. The van der Waals surface area contributed by atoms with Gasteiger partial charge in [-0.05, 0) is 50.6 Å². The van der Waals surface area contributed by atoms with Crippen LogP contribution < -0.4 is 10.3 Å². The minimum Gasteiger partial charge on any atom is -0.508 e. The maximum absolute atomic E-state index is 12.4. The normalized spacial score (nSPS) is 10.7. The van der Waals surface area contributed by atoms with Gasteiger partial charge in [-0.25, -0.2) is 9.78 Å². The number of ether oxygens (including phenoxy) is 1. The number of H-pyrrole nitrogens is 1. The summed E-state index contributed by atoms with van der Waals surface area (Å²) < 4.78 is 5.19. The zero-order chi connectivity index (χ0) is 18.0. The van der Waals surface area contributed by atoms with Crippen LogP contribution in [-0.2, 0) is 4.74 Å². The van der Waals surface area contributed by atoms with Gasteiger partial charge in [0.1, 0.15) is 11.3 Å². The minimum absolute atomic E-state index is 0.154. The average Bonchev–Trinajstić information content (AvgIpc) is 2.55. The SMILES string of the molecule is CCOC(=O)c1c[nH+]c2c(C)cc(C)cc2c1Nc1cccc(O)c1. The van der Waals surface area contributed by atoms with Crippen LogP contribution >= 0.6 is 0 Å². The second-order valence-electron chi connectivity index (χ2n) is 5.98. The highest BCUT2D eigenvalue weighted by atomic mass is 16.5. The predicted octanol–water partition coefficient (Wildman–Crippen LogP) is 3.90. The number of aryl methyl sites for hydroxylation is 2. The Morgan fingerprint density at radius 1 is 1.24 bits per heavy atom. The minimum atomic E-state index is -0.400. The highest BCUT2D eigenvalue weighted by Crippen LogP contribution is 2.31. The number of aromatic nitrogens is 1. The number of phenolic OH excluding ortho intramolecular Hbond substituents is 1. The summed E-state index contributed by atoms with van der Waals surface area (Å²) in [7, 11) is 0. The molecule has 0 fully saturated rings. The fourth-order valence-corrected chi connectivity index (χ4v) is 2.95. The van der Waals surface area contributed by atoms with Crippen LogP contribution in [0.2, 0.25) is 0 Å². The molecule has 1 heterocycles. The van der Waals surface area contributed by atoms with Crippen LogP contribution in [0.15, 0.2) is 42.6 Å². The van der Waals surface area contributed by atoms with Gasteiger partial charge in [0.15, 0.2) is 6.20 Å². The Morgan fingerprint density at radius 3 is 2.76 bits per heavy atom. The second-order valence-corrected chi connectivity index (χ2v) is 5.98. The maximum Gasteiger partial charge on any atom is 0.346 e. The first kappa shape index (κ1) is 16.8. The number of carbonyl (C=O) groups is 1. The van der Waals surface area contributed by atoms with Crippen LogP contribution in [0.3, 0.4) is 0 Å². The first-order valence-corrected chi connectivity index (χ1v) is 8.18. The van der Waals surface area contributed by atoms with Crippen LogP contribution in [0.4, 0.5) is 11.4 Å². The molecular formula is C20H21N2O3+. The second kappa shape index (κ2) is 6.81. The van der Waals surface area contributed by atoms with E-state index in [0.29, 0.717) is 23.5 Å². The first-order valence-electron chi connectivity index (χ1n) is 8.18. The number of aromatic amines is 1. The van der Waals surface area contributed by atoms with E-state index >= 15 is 0 Å². The van der Waals surface area contributed by atoms with Crippen molar-refractivity contribution < 1.29 is 19.6 Å². The fraction of sp³-hybridized carbons (Fsp3) is 0.200. The zero-order valence-electron chi connectivity index (χ0n) is 14.5. The van der Waals surface area contributed by atoms with E-state index in [0.717, 1.165) is 22.0 Å². The number of benzene rings is 2. The summed E-state index contributed by atoms with van der Waals surface area (Å²) in [5, 5.41) is 13.9. The number of fused-ring (bicyclic) bond motifs is 1. The van der Waals surface area contributed by atoms with Gasteiger partial charge in [0.2, 0.25) is 5.52 Å². The molecule has 0 aliphatic carbocycles. The number of esters is 1. The standard InChI is InChI=1S/C20H20N2O3/c1-4-25-20(24)17-11-21-18-13(3)8-12(2)9-16(18)19(17)22-14-6-5-7-15(23)10-14/h5-11,23H,4H2,1-3H3,(H,21,22)/p+1. The van der Waals surface area contributed by atoms with Gasteiger partial charge in [0.05, 0.1) is 17.7 Å². The molecular weight excluding hydrogens is 316 g/mol. The van der Waals surface area contributed by atoms with Gasteiger partial charge < -0.3 is 15.2 Å². The van der Waals surface area contributed by atoms with Gasteiger partial charge in [-0.3, -0.25) is 0 Å². The Kier molecular flexibility index (Phi) is 4.57. The quantitative estimate of drug-likeness (QED) is 0.708. The van der Waals surface area contributed by atoms with Crippen LogP contribution in [0.1, 0.15) is 28.4 Å². The van der Waals surface area contributed by atoms with Crippen LogP contribution in [0.5, 0.6) is 5.75 Å². The van der Waals surface area contributed by atoms with E-state index < -0.39 is 5.97 Å². The molecule has 25 heavy (non-hydrogen) atoms. The molecule has 3 aromatic rings. The van der Waals surface area contributed by atoms with Gasteiger partial charge in [0.25, 0.3) is 0 Å². The average molecular weight is 337 g/mol. The van der Waals surface area contributed by atoms with Crippen LogP contribution in [-0.4, -0.2) is 17.7 Å². The van der Waals surface area contributed by atoms with E-state index in [9.17, 15) is 9.90 Å². The Bertz CT molecular complexity index is 951. The molecule has 3 N–H and O–H groups in total. The summed E-state index contributed by atoms with van der Waals surface area (Å²) >= 11 is 0. The van der Waals surface area contributed by atoms with E-state index in [1.54, 1.807) is 31.3 Å². The van der Waals surface area contributed by atoms with E-state index in [1.165, 1.54) is 0 Å². The molecule has 1 aromatic heterocycles. The van der Waals surface area contributed by atoms with Crippen molar-refractivity contribution in [1.29, 1.82) is 0 Å². The molecule has 0 bridgehead atoms. The number of aromatic hydroxyl groups is 1. The molecule has 2 aromatic carbocycles. The van der Waals surface area contributed by atoms with Crippen LogP contribution in [0.25, 0.3) is 10.9 Å². The van der Waals surface area contributed by atoms with Gasteiger partial charge in [-0.1, -0.05) is 6.07 Å². The first-order chi connectivity index (χ1) is 12.0. The number of carbonyl (C=O) groups excluding carboxylic acids is 1. The number of rotatable bonds is 4. The molecule has 0 radical (unpaired) electrons. The van der Waals surface area contributed by atoms with E-state index in [2.05, 4.69) is 16.4 Å². The fourth-order valence-electron chi connectivity index (χ4n) is 2.95. The molecule has 5 nitrogen and oxygen atoms in total. The summed E-state index contributed by atoms with van der Waals surface area (Å²) in [6.07, 6.45) is 1.66. The Labute approximate surface area is 146 Å². The molecule has 0 amide bonds. The molecule has 0 saturated heterocycles. The molecule has 3 rings (SSSR count). The predicted molar refractivity (Wildman–Crippen MR) is 97.3 cm³/mol. The molecule has 0 unspecified atom stereocenters. The van der Waals surface area contributed by atoms with Crippen molar-refractivity contribution in [3.05, 3.63) is 59.3 Å². The highest BCUT2D eigenvalue weighted by Gasteiger charge is 2.21. The largest absolute Gasteiger partial charge is 0.508 e. The third kappa shape index (κ3) is 3.40. The van der Waals surface area contributed by atoms with Crippen molar-refractivity contribution >= 4 is 28.2 Å². The summed E-state index contributed by atoms with van der Waals surface area (Å²) in [5.41, 5.74) is 4.90. The lowest BCUT2D eigenvalue weighted by atomic mass is 10.0. The third-order valence-electron chi connectivity index (χ3n) is 3.99. The summed E-state index contributed by atoms with van der Waals surface area (Å²) in [4.78, 5) is 15.6. The summed E-state index contributed by atoms with van der Waals surface area (Å²) in [6, 6.07) is 10.9. The van der Waals surface area contributed by atoms with Crippen molar-refractivity contribution in [3.8, 4) is 5.75 Å². The zero-order valence-corrected chi connectivity index (χ0v) is 14.5. The van der Waals surface area contributed by atoms with Crippen molar-refractivity contribution in [3.63, 3.8) is 0 Å². The topological polar surface area (TPSA) is 72.7 Å². The number of phenols is 1. The van der Waals surface area contributed by atoms with E-state index in [4.69, 9.17) is 4.74 Å². The Hall–Kier alpha value is -3.08. The number of nitrogens with one attached hydrogen (secondary N) is 2. The third-order valence-corrected chi connectivity index (χ3v) is 3.99. The lowest BCUT2D eigenvalue weighted by Crippen LogP contribution is -2.15. The molecule has 5 heteroatoms. The van der Waals surface area contributed by atoms with Gasteiger partial charge in [-0.15, -0.1) is 0 Å². The van der Waals surface area contributed by atoms with Crippen LogP contribution in [0, 0.1) is 13.8 Å². The Balaban J connectivity index is 2.23. The monoisotopic (exact) mass is 337 g/mol. The van der Waals surface area contributed by atoms with E-state index in [1.807, 2.05) is 26.0 Å². The lowest BCUT2D eigenvalue weighted by molar-refractivity contribution is -0.345. The number of anilines is 2. The van der Waals surface area contributed by atoms with Crippen molar-refractivity contribution in [2.75, 3.05) is 11.9 Å². The number of pyridine rings is 1. The molecule has 0 spiro atoms. The Morgan fingerprint density at radius 2 is 2.04 bits per heavy atom. The van der Waals surface area contributed by atoms with E-state index in [-0.39, 0.29) is 5.75 Å². The van der Waals surface area contributed by atoms with Gasteiger partial charge in [0, 0.05) is 17.3 Å². The van der Waals surface area contributed by atoms with Crippen molar-refractivity contribution in [1.82, 2.24) is 0 Å². The molecule has 128 valence electrons. The maximum atomic E-state index is 12.4. The number of hydrogen-bond acceptors (Lipinski definition) is 4. The molecule has 0 saturated carbocycles. The molecule has 0 aliphatic heterocycles. The summed E-state index contributed by atoms with van der Waals surface area (Å²) in [6.45, 7) is 6.12. The molecule has 0 aliphatic rings. The van der Waals surface area contributed by atoms with Gasteiger partial charge in [-0.2, -0.15) is 0 Å². The van der Waals surface area contributed by atoms with Crippen molar-refractivity contribution in [2.24, 2.45) is 0 Å². The number of hydrogen-bond donors (Lipinski definition) is 2. The van der Waals surface area contributed by atoms with Gasteiger partial charge >= 0.3 is 5.97 Å².